The predicted octanol–water partition coefficient (Wildman–Crippen LogP) is 3.47. The number of likely N-dealkylation sites (tertiary alicyclic amines) is 1. The van der Waals surface area contributed by atoms with Crippen LogP contribution in [-0.2, 0) is 23.5 Å². The van der Waals surface area contributed by atoms with Gasteiger partial charge in [0.25, 0.3) is 10.1 Å². The molecule has 1 saturated heterocycles. The molecule has 0 aromatic heterocycles. The monoisotopic (exact) mass is 423 g/mol. The van der Waals surface area contributed by atoms with E-state index < -0.39 is 24.0 Å². The van der Waals surface area contributed by atoms with Crippen LogP contribution in [0.2, 0.25) is 18.1 Å². The Morgan fingerprint density at radius 2 is 1.52 bits per heavy atom. The van der Waals surface area contributed by atoms with Gasteiger partial charge in [-0.25, -0.2) is 4.79 Å². The molecule has 0 aliphatic carbocycles. The lowest BCUT2D eigenvalue weighted by atomic mass is 9.98. The van der Waals surface area contributed by atoms with Crippen molar-refractivity contribution in [2.45, 2.75) is 65.3 Å². The number of hydrogen-bond acceptors (Lipinski definition) is 6. The second-order valence-corrected chi connectivity index (χ2v) is 16.4. The molecule has 1 rings (SSSR count). The Labute approximate surface area is 166 Å². The maximum Gasteiger partial charge on any atom is 0.410 e. The minimum Gasteiger partial charge on any atom is -0.444 e. The first-order valence-corrected chi connectivity index (χ1v) is 14.1. The largest absolute Gasteiger partial charge is 0.444 e. The molecule has 7 nitrogen and oxygen atoms in total. The van der Waals surface area contributed by atoms with Crippen LogP contribution in [-0.4, -0.2) is 65.9 Å². The molecule has 1 aliphatic rings. The van der Waals surface area contributed by atoms with Gasteiger partial charge in [-0.15, -0.1) is 0 Å². The molecule has 1 heterocycles. The molecule has 9 heteroatoms. The van der Waals surface area contributed by atoms with Gasteiger partial charge in [-0.3, -0.25) is 4.18 Å². The molecule has 0 spiro atoms. The standard InChI is InChI=1S/C18H37NO6SSi/c1-17(2,3)25-16(20)19-10-14(12-23-26(7,21)22)15(11-19)13-24-27(8,9)18(4,5)6/h14-15H,10-13H2,1-9H3. The second kappa shape index (κ2) is 8.38. The molecule has 0 bridgehead atoms. The number of hydrogen-bond donors (Lipinski definition) is 0. The first kappa shape index (κ1) is 24.4. The zero-order valence-electron chi connectivity index (χ0n) is 18.3. The summed E-state index contributed by atoms with van der Waals surface area (Å²) in [4.78, 5) is 14.1. The van der Waals surface area contributed by atoms with Crippen molar-refractivity contribution in [1.29, 1.82) is 0 Å². The molecule has 1 aliphatic heterocycles. The molecule has 0 aromatic rings. The van der Waals surface area contributed by atoms with E-state index in [4.69, 9.17) is 13.3 Å². The number of carbonyl (C=O) groups is 1. The summed E-state index contributed by atoms with van der Waals surface area (Å²) in [6.07, 6.45) is 0.649. The van der Waals surface area contributed by atoms with Crippen molar-refractivity contribution in [1.82, 2.24) is 4.90 Å². The minimum absolute atomic E-state index is 0.00777. The third-order valence-corrected chi connectivity index (χ3v) is 10.3. The molecule has 0 radical (unpaired) electrons. The highest BCUT2D eigenvalue weighted by atomic mass is 32.2. The zero-order valence-corrected chi connectivity index (χ0v) is 20.1. The van der Waals surface area contributed by atoms with E-state index in [2.05, 4.69) is 33.9 Å². The van der Waals surface area contributed by atoms with Crippen LogP contribution in [0.15, 0.2) is 0 Å². The zero-order chi connectivity index (χ0) is 21.3. The van der Waals surface area contributed by atoms with Crippen molar-refractivity contribution in [3.05, 3.63) is 0 Å². The Bertz CT molecular complexity index is 621. The highest BCUT2D eigenvalue weighted by molar-refractivity contribution is 7.85. The molecule has 2 unspecified atom stereocenters. The van der Waals surface area contributed by atoms with E-state index in [-0.39, 0.29) is 29.6 Å². The van der Waals surface area contributed by atoms with Gasteiger partial charge in [0.05, 0.1) is 12.9 Å². The quantitative estimate of drug-likeness (QED) is 0.481. The van der Waals surface area contributed by atoms with Gasteiger partial charge in [-0.1, -0.05) is 20.8 Å². The molecule has 1 fully saturated rings. The molecular formula is C18H37NO6SSi. The van der Waals surface area contributed by atoms with Crippen LogP contribution in [0.3, 0.4) is 0 Å². The molecule has 1 amide bonds. The average Bonchev–Trinajstić information content (AvgIpc) is 2.82. The summed E-state index contributed by atoms with van der Waals surface area (Å²) in [5.41, 5.74) is -0.578. The Morgan fingerprint density at radius 3 is 1.93 bits per heavy atom. The first-order valence-electron chi connectivity index (χ1n) is 9.37. The van der Waals surface area contributed by atoms with Crippen LogP contribution < -0.4 is 0 Å². The van der Waals surface area contributed by atoms with Crippen LogP contribution in [0.4, 0.5) is 4.79 Å². The van der Waals surface area contributed by atoms with Crippen molar-refractivity contribution in [3.63, 3.8) is 0 Å². The van der Waals surface area contributed by atoms with E-state index in [1.54, 1.807) is 4.90 Å². The molecule has 0 aromatic carbocycles. The SMILES string of the molecule is CC(C)(C)OC(=O)N1CC(CO[Si](C)(C)C(C)(C)C)C(COS(C)(=O)=O)C1. The van der Waals surface area contributed by atoms with Gasteiger partial charge in [0.2, 0.25) is 0 Å². The number of carbonyl (C=O) groups excluding carboxylic acids is 1. The van der Waals surface area contributed by atoms with Gasteiger partial charge in [0.1, 0.15) is 5.60 Å². The Kier molecular flexibility index (Phi) is 7.58. The number of rotatable bonds is 6. The van der Waals surface area contributed by atoms with Gasteiger partial charge in [-0.05, 0) is 38.9 Å². The van der Waals surface area contributed by atoms with Crippen molar-refractivity contribution in [2.24, 2.45) is 11.8 Å². The van der Waals surface area contributed by atoms with E-state index >= 15 is 0 Å². The van der Waals surface area contributed by atoms with Crippen molar-refractivity contribution in [3.8, 4) is 0 Å². The van der Waals surface area contributed by atoms with E-state index in [0.29, 0.717) is 19.7 Å². The summed E-state index contributed by atoms with van der Waals surface area (Å²) in [6.45, 7) is 17.7. The fourth-order valence-electron chi connectivity index (χ4n) is 2.53. The maximum atomic E-state index is 12.4. The van der Waals surface area contributed by atoms with Crippen molar-refractivity contribution < 1.29 is 26.6 Å². The van der Waals surface area contributed by atoms with Crippen molar-refractivity contribution >= 4 is 24.5 Å². The normalized spacial score (nSPS) is 22.2. The lowest BCUT2D eigenvalue weighted by molar-refractivity contribution is 0.0280. The van der Waals surface area contributed by atoms with Crippen LogP contribution >= 0.6 is 0 Å². The van der Waals surface area contributed by atoms with E-state index in [0.717, 1.165) is 6.26 Å². The molecule has 0 N–H and O–H groups in total. The first-order chi connectivity index (χ1) is 11.9. The smallest absolute Gasteiger partial charge is 0.410 e. The summed E-state index contributed by atoms with van der Waals surface area (Å²) in [5.74, 6) is -0.106. The van der Waals surface area contributed by atoms with Gasteiger partial charge < -0.3 is 14.1 Å². The molecule has 27 heavy (non-hydrogen) atoms. The lowest BCUT2D eigenvalue weighted by Crippen LogP contribution is -2.43. The minimum atomic E-state index is -3.53. The van der Waals surface area contributed by atoms with Gasteiger partial charge in [0, 0.05) is 31.5 Å². The molecular weight excluding hydrogens is 386 g/mol. The number of amides is 1. The van der Waals surface area contributed by atoms with E-state index in [1.165, 1.54) is 0 Å². The Balaban J connectivity index is 2.84. The number of ether oxygens (including phenoxy) is 1. The fourth-order valence-corrected chi connectivity index (χ4v) is 4.02. The number of nitrogens with zero attached hydrogens (tertiary/aromatic N) is 1. The van der Waals surface area contributed by atoms with Crippen LogP contribution in [0.25, 0.3) is 0 Å². The fraction of sp³-hybridized carbons (Fsp3) is 0.944. The predicted molar refractivity (Wildman–Crippen MR) is 109 cm³/mol. The summed E-state index contributed by atoms with van der Waals surface area (Å²) >= 11 is 0. The summed E-state index contributed by atoms with van der Waals surface area (Å²) in [7, 11) is -5.48. The Morgan fingerprint density at radius 1 is 1.04 bits per heavy atom. The van der Waals surface area contributed by atoms with Gasteiger partial charge in [0.15, 0.2) is 8.32 Å². The Hall–Kier alpha value is -0.643. The highest BCUT2D eigenvalue weighted by Gasteiger charge is 2.42. The lowest BCUT2D eigenvalue weighted by Gasteiger charge is -2.37. The molecule has 2 atom stereocenters. The van der Waals surface area contributed by atoms with Gasteiger partial charge >= 0.3 is 6.09 Å². The maximum absolute atomic E-state index is 12.4. The van der Waals surface area contributed by atoms with Crippen LogP contribution in [0.1, 0.15) is 41.5 Å². The van der Waals surface area contributed by atoms with E-state index in [1.807, 2.05) is 20.8 Å². The summed E-state index contributed by atoms with van der Waals surface area (Å²) in [5, 5.41) is 0.0786. The van der Waals surface area contributed by atoms with E-state index in [9.17, 15) is 13.2 Å². The molecule has 0 saturated carbocycles. The van der Waals surface area contributed by atoms with Crippen molar-refractivity contribution in [2.75, 3.05) is 32.6 Å². The highest BCUT2D eigenvalue weighted by Crippen LogP contribution is 2.37. The second-order valence-electron chi connectivity index (χ2n) is 9.97. The molecule has 160 valence electrons. The van der Waals surface area contributed by atoms with Crippen LogP contribution in [0.5, 0.6) is 0 Å². The average molecular weight is 424 g/mol. The topological polar surface area (TPSA) is 82.1 Å². The van der Waals surface area contributed by atoms with Gasteiger partial charge in [-0.2, -0.15) is 8.42 Å². The summed E-state index contributed by atoms with van der Waals surface area (Å²) < 4.78 is 39.6. The summed E-state index contributed by atoms with van der Waals surface area (Å²) in [6, 6.07) is 0. The third-order valence-electron chi connectivity index (χ3n) is 5.19. The van der Waals surface area contributed by atoms with Crippen LogP contribution in [0, 0.1) is 11.8 Å². The third kappa shape index (κ3) is 8.09.